The Morgan fingerprint density at radius 2 is 2.06 bits per heavy atom. The van der Waals surface area contributed by atoms with E-state index in [2.05, 4.69) is 36.7 Å². The van der Waals surface area contributed by atoms with E-state index in [1.54, 1.807) is 0 Å². The van der Waals surface area contributed by atoms with Crippen molar-refractivity contribution in [1.82, 2.24) is 14.5 Å². The van der Waals surface area contributed by atoms with Crippen LogP contribution in [0.15, 0.2) is 10.7 Å². The molecule has 2 aromatic heterocycles. The molecular formula is C13H16BrN3O. The maximum Gasteiger partial charge on any atom is 0.144 e. The molecule has 2 aromatic rings. The van der Waals surface area contributed by atoms with Crippen molar-refractivity contribution in [2.45, 2.75) is 25.7 Å². The van der Waals surface area contributed by atoms with Crippen LogP contribution in [0.5, 0.6) is 0 Å². The van der Waals surface area contributed by atoms with Gasteiger partial charge in [-0.25, -0.2) is 9.97 Å². The minimum Gasteiger partial charge on any atom is -0.381 e. The summed E-state index contributed by atoms with van der Waals surface area (Å²) in [6, 6.07) is 0. The van der Waals surface area contributed by atoms with Crippen LogP contribution in [0.25, 0.3) is 11.0 Å². The molecule has 0 spiro atoms. The van der Waals surface area contributed by atoms with Crippen LogP contribution in [0.2, 0.25) is 0 Å². The van der Waals surface area contributed by atoms with E-state index in [9.17, 15) is 0 Å². The smallest absolute Gasteiger partial charge is 0.144 e. The van der Waals surface area contributed by atoms with Crippen LogP contribution >= 0.6 is 15.9 Å². The van der Waals surface area contributed by atoms with Crippen molar-refractivity contribution >= 4 is 27.0 Å². The summed E-state index contributed by atoms with van der Waals surface area (Å²) in [7, 11) is 2.02. The van der Waals surface area contributed by atoms with E-state index < -0.39 is 0 Å². The average Bonchev–Trinajstić information content (AvgIpc) is 2.65. The Kier molecular flexibility index (Phi) is 3.11. The van der Waals surface area contributed by atoms with Crippen LogP contribution in [0, 0.1) is 6.92 Å². The highest BCUT2D eigenvalue weighted by atomic mass is 79.9. The van der Waals surface area contributed by atoms with E-state index in [1.807, 2.05) is 14.0 Å². The predicted octanol–water partition coefficient (Wildman–Crippen LogP) is 2.93. The largest absolute Gasteiger partial charge is 0.381 e. The Balaban J connectivity index is 2.20. The highest BCUT2D eigenvalue weighted by Gasteiger charge is 2.23. The number of ether oxygens (including phenoxy) is 1. The molecule has 3 rings (SSSR count). The third-order valence-electron chi connectivity index (χ3n) is 3.52. The Labute approximate surface area is 115 Å². The molecule has 0 aliphatic carbocycles. The van der Waals surface area contributed by atoms with Gasteiger partial charge in [0.2, 0.25) is 0 Å². The van der Waals surface area contributed by atoms with Gasteiger partial charge in [-0.3, -0.25) is 0 Å². The van der Waals surface area contributed by atoms with E-state index in [0.29, 0.717) is 5.92 Å². The molecule has 96 valence electrons. The lowest BCUT2D eigenvalue weighted by atomic mass is 9.94. The summed E-state index contributed by atoms with van der Waals surface area (Å²) in [5, 5.41) is 1.16. The Hall–Kier alpha value is -0.940. The van der Waals surface area contributed by atoms with Crippen molar-refractivity contribution in [2.24, 2.45) is 7.05 Å². The second-order valence-corrected chi connectivity index (χ2v) is 5.68. The van der Waals surface area contributed by atoms with Crippen molar-refractivity contribution in [3.63, 3.8) is 0 Å². The molecule has 0 bridgehead atoms. The summed E-state index contributed by atoms with van der Waals surface area (Å²) in [6.45, 7) is 3.63. The van der Waals surface area contributed by atoms with E-state index in [4.69, 9.17) is 4.74 Å². The summed E-state index contributed by atoms with van der Waals surface area (Å²) < 4.78 is 8.58. The fourth-order valence-electron chi connectivity index (χ4n) is 2.63. The van der Waals surface area contributed by atoms with Crippen LogP contribution in [0.1, 0.15) is 30.3 Å². The zero-order valence-electron chi connectivity index (χ0n) is 10.6. The molecule has 1 saturated heterocycles. The van der Waals surface area contributed by atoms with Crippen LogP contribution in [-0.4, -0.2) is 27.7 Å². The highest BCUT2D eigenvalue weighted by Crippen LogP contribution is 2.35. The summed E-state index contributed by atoms with van der Waals surface area (Å²) in [5.41, 5.74) is 2.18. The van der Waals surface area contributed by atoms with Crippen molar-refractivity contribution in [3.8, 4) is 0 Å². The summed E-state index contributed by atoms with van der Waals surface area (Å²) in [6.07, 6.45) is 4.15. The number of halogens is 1. The maximum absolute atomic E-state index is 5.44. The molecule has 0 atom stereocenters. The van der Waals surface area contributed by atoms with Gasteiger partial charge < -0.3 is 9.30 Å². The van der Waals surface area contributed by atoms with Crippen LogP contribution < -0.4 is 0 Å². The first kappa shape index (κ1) is 12.1. The number of nitrogens with zero attached hydrogens (tertiary/aromatic N) is 3. The molecule has 0 aromatic carbocycles. The fraction of sp³-hybridized carbons (Fsp3) is 0.538. The summed E-state index contributed by atoms with van der Waals surface area (Å²) in [4.78, 5) is 9.23. The van der Waals surface area contributed by atoms with E-state index in [-0.39, 0.29) is 0 Å². The number of aryl methyl sites for hydroxylation is 2. The SMILES string of the molecule is Cc1nc(C2CCOCC2)c2c(Br)cn(C)c2n1. The van der Waals surface area contributed by atoms with Crippen molar-refractivity contribution < 1.29 is 4.74 Å². The third-order valence-corrected chi connectivity index (χ3v) is 4.12. The van der Waals surface area contributed by atoms with Crippen LogP contribution in [0.3, 0.4) is 0 Å². The Morgan fingerprint density at radius 1 is 1.33 bits per heavy atom. The van der Waals surface area contributed by atoms with E-state index in [0.717, 1.165) is 47.4 Å². The van der Waals surface area contributed by atoms with Gasteiger partial charge in [-0.1, -0.05) is 0 Å². The first-order valence-electron chi connectivity index (χ1n) is 6.23. The number of aromatic nitrogens is 3. The second-order valence-electron chi connectivity index (χ2n) is 4.83. The molecular weight excluding hydrogens is 294 g/mol. The number of fused-ring (bicyclic) bond motifs is 1. The van der Waals surface area contributed by atoms with Crippen molar-refractivity contribution in [3.05, 3.63) is 22.2 Å². The van der Waals surface area contributed by atoms with Gasteiger partial charge in [0.1, 0.15) is 11.5 Å². The van der Waals surface area contributed by atoms with Gasteiger partial charge in [0, 0.05) is 36.8 Å². The summed E-state index contributed by atoms with van der Waals surface area (Å²) >= 11 is 3.63. The third kappa shape index (κ3) is 1.95. The van der Waals surface area contributed by atoms with Crippen LogP contribution in [-0.2, 0) is 11.8 Å². The number of rotatable bonds is 1. The molecule has 0 unspecified atom stereocenters. The molecule has 0 N–H and O–H groups in total. The monoisotopic (exact) mass is 309 g/mol. The Morgan fingerprint density at radius 3 is 2.78 bits per heavy atom. The quantitative estimate of drug-likeness (QED) is 0.813. The van der Waals surface area contributed by atoms with Crippen molar-refractivity contribution in [1.29, 1.82) is 0 Å². The minimum absolute atomic E-state index is 0.488. The fourth-order valence-corrected chi connectivity index (χ4v) is 3.31. The van der Waals surface area contributed by atoms with E-state index >= 15 is 0 Å². The number of hydrogen-bond donors (Lipinski definition) is 0. The molecule has 0 saturated carbocycles. The van der Waals surface area contributed by atoms with Gasteiger partial charge >= 0.3 is 0 Å². The molecule has 0 radical (unpaired) electrons. The lowest BCUT2D eigenvalue weighted by Crippen LogP contribution is -2.16. The molecule has 18 heavy (non-hydrogen) atoms. The second kappa shape index (κ2) is 4.63. The number of hydrogen-bond acceptors (Lipinski definition) is 3. The first-order valence-corrected chi connectivity index (χ1v) is 7.03. The zero-order chi connectivity index (χ0) is 12.7. The molecule has 4 nitrogen and oxygen atoms in total. The van der Waals surface area contributed by atoms with Gasteiger partial charge in [-0.05, 0) is 35.7 Å². The average molecular weight is 310 g/mol. The zero-order valence-corrected chi connectivity index (χ0v) is 12.2. The Bertz CT molecular complexity index is 587. The molecule has 0 amide bonds. The van der Waals surface area contributed by atoms with Crippen LogP contribution in [0.4, 0.5) is 0 Å². The van der Waals surface area contributed by atoms with Gasteiger partial charge in [-0.15, -0.1) is 0 Å². The van der Waals surface area contributed by atoms with Gasteiger partial charge in [0.15, 0.2) is 0 Å². The molecule has 1 aliphatic heterocycles. The lowest BCUT2D eigenvalue weighted by molar-refractivity contribution is 0.0847. The molecule has 5 heteroatoms. The lowest BCUT2D eigenvalue weighted by Gasteiger charge is -2.22. The normalized spacial score (nSPS) is 17.5. The molecule has 1 fully saturated rings. The summed E-state index contributed by atoms with van der Waals surface area (Å²) in [5.74, 6) is 1.33. The molecule has 1 aliphatic rings. The minimum atomic E-state index is 0.488. The van der Waals surface area contributed by atoms with Gasteiger partial charge in [0.05, 0.1) is 11.1 Å². The highest BCUT2D eigenvalue weighted by molar-refractivity contribution is 9.10. The van der Waals surface area contributed by atoms with Gasteiger partial charge in [0.25, 0.3) is 0 Å². The first-order chi connectivity index (χ1) is 8.66. The maximum atomic E-state index is 5.44. The van der Waals surface area contributed by atoms with Crippen molar-refractivity contribution in [2.75, 3.05) is 13.2 Å². The topological polar surface area (TPSA) is 39.9 Å². The van der Waals surface area contributed by atoms with E-state index in [1.165, 1.54) is 5.69 Å². The standard InChI is InChI=1S/C13H16BrN3O/c1-8-15-12(9-3-5-18-6-4-9)11-10(14)7-17(2)13(11)16-8/h7,9H,3-6H2,1-2H3. The molecule has 3 heterocycles. The predicted molar refractivity (Wildman–Crippen MR) is 73.7 cm³/mol. The van der Waals surface area contributed by atoms with Gasteiger partial charge in [-0.2, -0.15) is 0 Å².